The topological polar surface area (TPSA) is 71.5 Å². The molecule has 0 unspecified atom stereocenters. The average Bonchev–Trinajstić information content (AvgIpc) is 2.63. The maximum Gasteiger partial charge on any atom is 0.391 e. The Morgan fingerprint density at radius 1 is 1.41 bits per heavy atom. The van der Waals surface area contributed by atoms with Crippen LogP contribution in [0.4, 0.5) is 18.9 Å². The second-order valence-corrected chi connectivity index (χ2v) is 6.60. The summed E-state index contributed by atoms with van der Waals surface area (Å²) in [7, 11) is 1.48. The van der Waals surface area contributed by atoms with E-state index in [0.29, 0.717) is 30.0 Å². The molecule has 2 N–H and O–H groups in total. The van der Waals surface area contributed by atoms with E-state index in [2.05, 4.69) is 16.9 Å². The van der Waals surface area contributed by atoms with Gasteiger partial charge in [0.15, 0.2) is 0 Å². The Morgan fingerprint density at radius 3 is 2.63 bits per heavy atom. The third kappa shape index (κ3) is 6.01. The Hall–Kier alpha value is -2.51. The summed E-state index contributed by atoms with van der Waals surface area (Å²) in [4.78, 5) is 15.0. The smallest absolute Gasteiger partial charge is 0.391 e. The van der Waals surface area contributed by atoms with Crippen molar-refractivity contribution in [2.24, 2.45) is 11.8 Å². The first-order valence-corrected chi connectivity index (χ1v) is 8.64. The highest BCUT2D eigenvalue weighted by atomic mass is 19.4. The number of alkyl halides is 3. The number of anilines is 1. The Morgan fingerprint density at radius 2 is 2.07 bits per heavy atom. The van der Waals surface area contributed by atoms with E-state index >= 15 is 0 Å². The summed E-state index contributed by atoms with van der Waals surface area (Å²) in [5, 5.41) is 11.8. The van der Waals surface area contributed by atoms with Crippen LogP contribution >= 0.6 is 0 Å². The Kier molecular flexibility index (Phi) is 6.87. The zero-order valence-corrected chi connectivity index (χ0v) is 15.1. The maximum atomic E-state index is 12.7. The van der Waals surface area contributed by atoms with Crippen molar-refractivity contribution in [1.29, 1.82) is 0 Å². The number of nitrogens with zero attached hydrogens (tertiary/aromatic N) is 1. The van der Waals surface area contributed by atoms with Crippen LogP contribution in [0.2, 0.25) is 0 Å². The van der Waals surface area contributed by atoms with Crippen LogP contribution in [-0.4, -0.2) is 35.9 Å². The van der Waals surface area contributed by atoms with Gasteiger partial charge in [0.2, 0.25) is 5.88 Å². The second-order valence-electron chi connectivity index (χ2n) is 6.60. The Labute approximate surface area is 155 Å². The van der Waals surface area contributed by atoms with Gasteiger partial charge in [0, 0.05) is 17.7 Å². The van der Waals surface area contributed by atoms with E-state index < -0.39 is 18.1 Å². The lowest BCUT2D eigenvalue weighted by Crippen LogP contribution is -2.27. The summed E-state index contributed by atoms with van der Waals surface area (Å²) in [6.45, 7) is 3.51. The van der Waals surface area contributed by atoms with Gasteiger partial charge >= 0.3 is 12.1 Å². The van der Waals surface area contributed by atoms with Gasteiger partial charge in [-0.2, -0.15) is 13.2 Å². The molecule has 8 heteroatoms. The van der Waals surface area contributed by atoms with Crippen LogP contribution in [-0.2, 0) is 4.79 Å². The molecule has 0 radical (unpaired) electrons. The first-order chi connectivity index (χ1) is 12.7. The van der Waals surface area contributed by atoms with Crippen molar-refractivity contribution in [2.75, 3.05) is 19.0 Å². The van der Waals surface area contributed by atoms with Crippen LogP contribution in [0.5, 0.6) is 5.88 Å². The molecule has 0 spiro atoms. The number of nitrogens with one attached hydrogen (secondary N) is 1. The van der Waals surface area contributed by atoms with Crippen molar-refractivity contribution in [3.63, 3.8) is 0 Å². The highest BCUT2D eigenvalue weighted by Gasteiger charge is 2.40. The third-order valence-electron chi connectivity index (χ3n) is 4.66. The first-order valence-electron chi connectivity index (χ1n) is 8.64. The molecule has 27 heavy (non-hydrogen) atoms. The molecule has 0 bridgehead atoms. The minimum Gasteiger partial charge on any atom is -0.481 e. The minimum atomic E-state index is -4.11. The van der Waals surface area contributed by atoms with Crippen LogP contribution < -0.4 is 10.1 Å². The zero-order chi connectivity index (χ0) is 20.0. The number of rotatable bonds is 7. The molecule has 1 aromatic rings. The molecule has 1 aliphatic carbocycles. The van der Waals surface area contributed by atoms with Crippen molar-refractivity contribution in [1.82, 2.24) is 4.98 Å². The molecule has 1 aliphatic rings. The van der Waals surface area contributed by atoms with Crippen LogP contribution in [0.3, 0.4) is 0 Å². The van der Waals surface area contributed by atoms with Crippen LogP contribution in [0, 0.1) is 11.8 Å². The lowest BCUT2D eigenvalue weighted by atomic mass is 9.81. The largest absolute Gasteiger partial charge is 0.481 e. The van der Waals surface area contributed by atoms with E-state index in [1.807, 2.05) is 6.08 Å². The highest BCUT2D eigenvalue weighted by Crippen LogP contribution is 2.40. The zero-order valence-electron chi connectivity index (χ0n) is 15.1. The van der Waals surface area contributed by atoms with Crippen molar-refractivity contribution in [3.8, 4) is 5.88 Å². The van der Waals surface area contributed by atoms with Gasteiger partial charge in [-0.15, -0.1) is 0 Å². The fourth-order valence-electron chi connectivity index (χ4n) is 3.02. The quantitative estimate of drug-likeness (QED) is 0.676. The number of pyridine rings is 1. The molecule has 0 saturated heterocycles. The van der Waals surface area contributed by atoms with Crippen LogP contribution in [0.25, 0.3) is 6.08 Å². The molecular weight excluding hydrogens is 361 g/mol. The standard InChI is InChI=1S/C19H23F3N2O3/c1-12(18(25)26)10-23-16-9-14(17(27-2)24-11-16)6-3-13-4-7-15(8-5-13)19(20,21)22/h3,6,9,11,13,15,23H,1,4-5,7-8,10H2,2H3,(H,25,26)/b6-3+/t13-,15-. The predicted molar refractivity (Wildman–Crippen MR) is 96.6 cm³/mol. The van der Waals surface area contributed by atoms with E-state index in [0.717, 1.165) is 0 Å². The van der Waals surface area contributed by atoms with Crippen molar-refractivity contribution < 1.29 is 27.8 Å². The van der Waals surface area contributed by atoms with E-state index in [1.165, 1.54) is 13.3 Å². The van der Waals surface area contributed by atoms with E-state index in [1.54, 1.807) is 12.1 Å². The van der Waals surface area contributed by atoms with E-state index in [4.69, 9.17) is 9.84 Å². The fraction of sp³-hybridized carbons (Fsp3) is 0.474. The molecule has 0 aromatic carbocycles. The number of aliphatic carboxylic acids is 1. The van der Waals surface area contributed by atoms with Crippen molar-refractivity contribution >= 4 is 17.7 Å². The SMILES string of the molecule is C=C(CNc1cnc(OC)c(/C=C/[C@H]2CC[C@H](C(F)(F)F)CC2)c1)C(=O)O. The molecule has 2 rings (SSSR count). The second kappa shape index (κ2) is 8.92. The molecule has 1 aromatic heterocycles. The number of hydrogen-bond acceptors (Lipinski definition) is 4. The van der Waals surface area contributed by atoms with E-state index in [-0.39, 0.29) is 30.9 Å². The summed E-state index contributed by atoms with van der Waals surface area (Å²) < 4.78 is 43.5. The summed E-state index contributed by atoms with van der Waals surface area (Å²) >= 11 is 0. The number of carboxylic acids is 1. The predicted octanol–water partition coefficient (Wildman–Crippen LogP) is 4.52. The minimum absolute atomic E-state index is 0.0179. The number of methoxy groups -OCH3 is 1. The van der Waals surface area contributed by atoms with Crippen molar-refractivity contribution in [3.05, 3.63) is 36.1 Å². The normalized spacial score (nSPS) is 20.4. The van der Waals surface area contributed by atoms with E-state index in [9.17, 15) is 18.0 Å². The molecule has 1 saturated carbocycles. The average molecular weight is 384 g/mol. The van der Waals surface area contributed by atoms with Gasteiger partial charge < -0.3 is 15.2 Å². The van der Waals surface area contributed by atoms with Crippen LogP contribution in [0.1, 0.15) is 31.2 Å². The van der Waals surface area contributed by atoms with Gasteiger partial charge in [0.05, 0.1) is 24.9 Å². The molecule has 148 valence electrons. The third-order valence-corrected chi connectivity index (χ3v) is 4.66. The van der Waals surface area contributed by atoms with Gasteiger partial charge in [-0.05, 0) is 37.7 Å². The number of ether oxygens (including phenoxy) is 1. The van der Waals surface area contributed by atoms with Gasteiger partial charge in [-0.3, -0.25) is 0 Å². The number of carbonyl (C=O) groups is 1. The summed E-state index contributed by atoms with van der Waals surface area (Å²) in [6.07, 6.45) is 2.37. The lowest BCUT2D eigenvalue weighted by Gasteiger charge is -2.28. The first kappa shape index (κ1) is 20.8. The van der Waals surface area contributed by atoms with Gasteiger partial charge in [-0.25, -0.2) is 9.78 Å². The molecular formula is C19H23F3N2O3. The van der Waals surface area contributed by atoms with Gasteiger partial charge in [-0.1, -0.05) is 18.7 Å². The number of hydrogen-bond donors (Lipinski definition) is 2. The number of carboxylic acid groups (broad SMARTS) is 1. The Bertz CT molecular complexity index is 709. The van der Waals surface area contributed by atoms with Gasteiger partial charge in [0.1, 0.15) is 0 Å². The molecule has 0 amide bonds. The number of allylic oxidation sites excluding steroid dienone is 1. The molecule has 0 atom stereocenters. The highest BCUT2D eigenvalue weighted by molar-refractivity contribution is 5.86. The Balaban J connectivity index is 2.02. The maximum absolute atomic E-state index is 12.7. The molecule has 0 aliphatic heterocycles. The summed E-state index contributed by atoms with van der Waals surface area (Å²) in [5.41, 5.74) is 1.28. The lowest BCUT2D eigenvalue weighted by molar-refractivity contribution is -0.183. The molecule has 1 fully saturated rings. The number of halogens is 3. The summed E-state index contributed by atoms with van der Waals surface area (Å²) in [6, 6.07) is 1.75. The van der Waals surface area contributed by atoms with Crippen LogP contribution in [0.15, 0.2) is 30.5 Å². The molecule has 1 heterocycles. The van der Waals surface area contributed by atoms with Crippen molar-refractivity contribution in [2.45, 2.75) is 31.9 Å². The number of aromatic nitrogens is 1. The molecule has 5 nitrogen and oxygen atoms in total. The monoisotopic (exact) mass is 384 g/mol. The fourth-order valence-corrected chi connectivity index (χ4v) is 3.02. The summed E-state index contributed by atoms with van der Waals surface area (Å²) in [5.74, 6) is -1.82. The van der Waals surface area contributed by atoms with Gasteiger partial charge in [0.25, 0.3) is 0 Å².